The van der Waals surface area contributed by atoms with Gasteiger partial charge in [0.05, 0.1) is 17.3 Å². The Bertz CT molecular complexity index is 1520. The topological polar surface area (TPSA) is 108 Å². The van der Waals surface area contributed by atoms with Gasteiger partial charge in [-0.05, 0) is 79.7 Å². The molecule has 1 saturated heterocycles. The predicted octanol–water partition coefficient (Wildman–Crippen LogP) is 5.66. The number of carbonyl (C=O) groups excluding carboxylic acids is 1. The number of thiocarbonyl (C=S) groups is 1. The van der Waals surface area contributed by atoms with Gasteiger partial charge in [0.1, 0.15) is 17.6 Å². The minimum Gasteiger partial charge on any atom is -0.478 e. The van der Waals surface area contributed by atoms with Crippen LogP contribution < -0.4 is 10.6 Å². The van der Waals surface area contributed by atoms with Crippen LogP contribution in [-0.4, -0.2) is 38.5 Å². The zero-order valence-corrected chi connectivity index (χ0v) is 22.4. The van der Waals surface area contributed by atoms with E-state index in [1.807, 2.05) is 67.3 Å². The highest BCUT2D eigenvalue weighted by atomic mass is 32.1. The number of amides is 1. The highest BCUT2D eigenvalue weighted by Gasteiger charge is 2.41. The van der Waals surface area contributed by atoms with Crippen LogP contribution in [0.5, 0.6) is 0 Å². The predicted molar refractivity (Wildman–Crippen MR) is 152 cm³/mol. The number of aromatic carboxylic acids is 1. The second-order valence-electron chi connectivity index (χ2n) is 9.52. The molecule has 198 valence electrons. The molecule has 2 aromatic carbocycles. The van der Waals surface area contributed by atoms with Crippen LogP contribution in [0.2, 0.25) is 0 Å². The maximum atomic E-state index is 12.9. The first-order valence-electron chi connectivity index (χ1n) is 12.6. The number of nitrogens with one attached hydrogen (secondary N) is 2. The number of anilines is 1. The van der Waals surface area contributed by atoms with Gasteiger partial charge < -0.3 is 25.1 Å². The van der Waals surface area contributed by atoms with Crippen molar-refractivity contribution in [3.63, 3.8) is 0 Å². The summed E-state index contributed by atoms with van der Waals surface area (Å²) in [5.74, 6) is 0.172. The molecule has 1 amide bonds. The van der Waals surface area contributed by atoms with Crippen LogP contribution in [0.25, 0.3) is 11.3 Å². The van der Waals surface area contributed by atoms with Crippen molar-refractivity contribution < 1.29 is 19.1 Å². The lowest BCUT2D eigenvalue weighted by Gasteiger charge is -2.26. The quantitative estimate of drug-likeness (QED) is 0.246. The number of rotatable bonds is 8. The van der Waals surface area contributed by atoms with Crippen molar-refractivity contribution in [1.82, 2.24) is 15.2 Å². The van der Waals surface area contributed by atoms with Gasteiger partial charge in [0.25, 0.3) is 0 Å². The Hall–Kier alpha value is -4.50. The average molecular weight is 541 g/mol. The number of pyridine rings is 1. The van der Waals surface area contributed by atoms with Gasteiger partial charge in [-0.3, -0.25) is 9.78 Å². The molecule has 39 heavy (non-hydrogen) atoms. The van der Waals surface area contributed by atoms with E-state index in [1.54, 1.807) is 30.5 Å². The van der Waals surface area contributed by atoms with Crippen LogP contribution in [0.1, 0.15) is 51.4 Å². The van der Waals surface area contributed by atoms with E-state index in [9.17, 15) is 14.7 Å². The van der Waals surface area contributed by atoms with Gasteiger partial charge in [-0.15, -0.1) is 0 Å². The Morgan fingerprint density at radius 1 is 1.08 bits per heavy atom. The number of carboxylic acid groups (broad SMARTS) is 1. The van der Waals surface area contributed by atoms with Crippen molar-refractivity contribution in [1.29, 1.82) is 0 Å². The van der Waals surface area contributed by atoms with Gasteiger partial charge in [0.2, 0.25) is 5.91 Å². The van der Waals surface area contributed by atoms with Gasteiger partial charge in [0, 0.05) is 30.4 Å². The van der Waals surface area contributed by atoms with Gasteiger partial charge in [-0.1, -0.05) is 30.3 Å². The zero-order valence-electron chi connectivity index (χ0n) is 21.5. The highest BCUT2D eigenvalue weighted by molar-refractivity contribution is 7.80. The van der Waals surface area contributed by atoms with E-state index in [4.69, 9.17) is 16.6 Å². The van der Waals surface area contributed by atoms with Crippen molar-refractivity contribution in [3.8, 4) is 11.3 Å². The van der Waals surface area contributed by atoms with Gasteiger partial charge in [-0.25, -0.2) is 4.79 Å². The van der Waals surface area contributed by atoms with E-state index in [2.05, 4.69) is 15.6 Å². The maximum Gasteiger partial charge on any atom is 0.335 e. The summed E-state index contributed by atoms with van der Waals surface area (Å²) < 4.78 is 6.30. The summed E-state index contributed by atoms with van der Waals surface area (Å²) in [4.78, 5) is 30.7. The summed E-state index contributed by atoms with van der Waals surface area (Å²) in [7, 11) is 0. The number of aromatic nitrogens is 1. The van der Waals surface area contributed by atoms with Crippen LogP contribution in [0.4, 0.5) is 5.69 Å². The van der Waals surface area contributed by atoms with E-state index < -0.39 is 5.97 Å². The lowest BCUT2D eigenvalue weighted by atomic mass is 10.0. The normalized spacial score (nSPS) is 16.7. The molecule has 0 unspecified atom stereocenters. The number of hydrogen-bond donors (Lipinski definition) is 3. The summed E-state index contributed by atoms with van der Waals surface area (Å²) in [6.45, 7) is 4.33. The molecule has 1 fully saturated rings. The summed E-state index contributed by atoms with van der Waals surface area (Å²) in [5.41, 5.74) is 4.64. The molecule has 2 aromatic heterocycles. The number of furan rings is 1. The molecule has 2 atom stereocenters. The van der Waals surface area contributed by atoms with Crippen LogP contribution >= 0.6 is 12.2 Å². The number of aryl methyl sites for hydroxylation is 2. The molecule has 4 aromatic rings. The maximum absolute atomic E-state index is 12.9. The largest absolute Gasteiger partial charge is 0.478 e. The molecule has 1 aliphatic rings. The third-order valence-electron chi connectivity index (χ3n) is 6.78. The summed E-state index contributed by atoms with van der Waals surface area (Å²) in [6.07, 6.45) is 1.96. The number of benzene rings is 2. The fourth-order valence-corrected chi connectivity index (χ4v) is 5.04. The second-order valence-corrected chi connectivity index (χ2v) is 9.91. The minimum atomic E-state index is -0.984. The third kappa shape index (κ3) is 5.68. The molecule has 1 aliphatic heterocycles. The van der Waals surface area contributed by atoms with E-state index in [0.717, 1.165) is 28.1 Å². The lowest BCUT2D eigenvalue weighted by molar-refractivity contribution is -0.116. The lowest BCUT2D eigenvalue weighted by Crippen LogP contribution is -2.32. The average Bonchev–Trinajstić information content (AvgIpc) is 3.54. The van der Waals surface area contributed by atoms with Gasteiger partial charge >= 0.3 is 5.97 Å². The molecule has 0 aliphatic carbocycles. The number of carbonyl (C=O) groups is 2. The number of hydrogen-bond acceptors (Lipinski definition) is 5. The SMILES string of the molecule is Cc1ccc(C)c(NC(=O)CCN2C(=S)N[C@H](c3ccccn3)[C@@H]2c2ccc(-c3ccc(C(=O)O)cc3)o2)c1. The minimum absolute atomic E-state index is 0.106. The first-order valence-corrected chi connectivity index (χ1v) is 13.0. The van der Waals surface area contributed by atoms with Gasteiger partial charge in [0.15, 0.2) is 5.11 Å². The molecular weight excluding hydrogens is 512 g/mol. The van der Waals surface area contributed by atoms with E-state index in [0.29, 0.717) is 23.2 Å². The Labute approximate surface area is 231 Å². The fraction of sp³-hybridized carbons (Fsp3) is 0.200. The molecule has 9 heteroatoms. The van der Waals surface area contributed by atoms with Gasteiger partial charge in [-0.2, -0.15) is 0 Å². The van der Waals surface area contributed by atoms with E-state index >= 15 is 0 Å². The fourth-order valence-electron chi connectivity index (χ4n) is 4.70. The third-order valence-corrected chi connectivity index (χ3v) is 7.13. The Morgan fingerprint density at radius 3 is 2.59 bits per heavy atom. The summed E-state index contributed by atoms with van der Waals surface area (Å²) in [5, 5.41) is 16.1. The molecule has 0 spiro atoms. The summed E-state index contributed by atoms with van der Waals surface area (Å²) in [6, 6.07) is 21.3. The number of carboxylic acids is 1. The van der Waals surface area contributed by atoms with Crippen molar-refractivity contribution in [3.05, 3.63) is 107 Å². The van der Waals surface area contributed by atoms with Crippen molar-refractivity contribution in [2.24, 2.45) is 0 Å². The van der Waals surface area contributed by atoms with Crippen molar-refractivity contribution in [2.45, 2.75) is 32.4 Å². The van der Waals surface area contributed by atoms with Crippen LogP contribution in [-0.2, 0) is 4.79 Å². The molecule has 5 rings (SSSR count). The van der Waals surface area contributed by atoms with Crippen molar-refractivity contribution in [2.75, 3.05) is 11.9 Å². The summed E-state index contributed by atoms with van der Waals surface area (Å²) >= 11 is 5.71. The van der Waals surface area contributed by atoms with Crippen LogP contribution in [0.3, 0.4) is 0 Å². The molecule has 0 saturated carbocycles. The molecular formula is C30H28N4O4S. The molecule has 0 radical (unpaired) electrons. The monoisotopic (exact) mass is 540 g/mol. The highest BCUT2D eigenvalue weighted by Crippen LogP contribution is 2.40. The zero-order chi connectivity index (χ0) is 27.5. The molecule has 3 heterocycles. The van der Waals surface area contributed by atoms with E-state index in [1.165, 1.54) is 0 Å². The smallest absolute Gasteiger partial charge is 0.335 e. The Balaban J connectivity index is 1.39. The van der Waals surface area contributed by atoms with Crippen LogP contribution in [0.15, 0.2) is 83.4 Å². The number of nitrogens with zero attached hydrogens (tertiary/aromatic N) is 2. The molecule has 3 N–H and O–H groups in total. The first-order chi connectivity index (χ1) is 18.8. The second kappa shape index (κ2) is 11.1. The van der Waals surface area contributed by atoms with Crippen LogP contribution in [0, 0.1) is 13.8 Å². The molecule has 8 nitrogen and oxygen atoms in total. The van der Waals surface area contributed by atoms with E-state index in [-0.39, 0.29) is 30.0 Å². The first kappa shape index (κ1) is 26.1. The Kier molecular flexibility index (Phi) is 7.42. The molecule has 0 bridgehead atoms. The standard InChI is InChI=1S/C30H28N4O4S/c1-18-6-7-19(2)23(17-18)32-26(35)14-16-34-28(27(33-30(34)39)22-5-3-4-15-31-22)25-13-12-24(38-25)20-8-10-21(11-9-20)29(36)37/h3-13,15,17,27-28H,14,16H2,1-2H3,(H,32,35)(H,33,39)(H,36,37)/t27-,28+/m1/s1. The van der Waals surface area contributed by atoms with Crippen molar-refractivity contribution >= 4 is 34.9 Å². The Morgan fingerprint density at radius 2 is 1.87 bits per heavy atom.